The first-order chi connectivity index (χ1) is 9.39. The van der Waals surface area contributed by atoms with Gasteiger partial charge in [0, 0.05) is 4.90 Å². The lowest BCUT2D eigenvalue weighted by Crippen LogP contribution is -2.29. The third-order valence-electron chi connectivity index (χ3n) is 2.26. The Kier molecular flexibility index (Phi) is 6.32. The number of benzene rings is 1. The monoisotopic (exact) mass is 417 g/mol. The van der Waals surface area contributed by atoms with Crippen molar-refractivity contribution < 1.29 is 17.2 Å². The van der Waals surface area contributed by atoms with Gasteiger partial charge >= 0.3 is 5.38 Å². The van der Waals surface area contributed by atoms with Crippen LogP contribution in [0.3, 0.4) is 0 Å². The van der Waals surface area contributed by atoms with Gasteiger partial charge in [-0.05, 0) is 36.2 Å². The number of anilines is 1. The number of nitrogens with one attached hydrogen (secondary N) is 1. The first-order valence-corrected chi connectivity index (χ1v) is 9.33. The molecule has 1 aromatic carbocycles. The van der Waals surface area contributed by atoms with Crippen LogP contribution in [0.25, 0.3) is 0 Å². The summed E-state index contributed by atoms with van der Waals surface area (Å²) >= 11 is 21.6. The molecule has 0 bridgehead atoms. The summed E-state index contributed by atoms with van der Waals surface area (Å²) in [5.41, 5.74) is 0.547. The van der Waals surface area contributed by atoms with E-state index < -0.39 is 24.3 Å². The van der Waals surface area contributed by atoms with Crippen LogP contribution in [0, 0.1) is 6.92 Å². The van der Waals surface area contributed by atoms with Crippen LogP contribution in [-0.2, 0) is 10.0 Å². The zero-order valence-corrected chi connectivity index (χ0v) is 15.0. The van der Waals surface area contributed by atoms with E-state index >= 15 is 0 Å². The van der Waals surface area contributed by atoms with Gasteiger partial charge in [0.25, 0.3) is 0 Å². The summed E-state index contributed by atoms with van der Waals surface area (Å²) in [5.74, 6) is 0. The summed E-state index contributed by atoms with van der Waals surface area (Å²) < 4.78 is 48.7. The number of hydrogen-bond acceptors (Lipinski definition) is 3. The van der Waals surface area contributed by atoms with Crippen LogP contribution in [0.4, 0.5) is 14.5 Å². The van der Waals surface area contributed by atoms with E-state index in [1.807, 2.05) is 0 Å². The molecule has 0 saturated carbocycles. The molecule has 0 aliphatic rings. The van der Waals surface area contributed by atoms with Crippen molar-refractivity contribution in [3.05, 3.63) is 23.8 Å². The number of sulfonamides is 1. The van der Waals surface area contributed by atoms with Crippen LogP contribution in [0.1, 0.15) is 5.56 Å². The molecule has 0 heterocycles. The summed E-state index contributed by atoms with van der Waals surface area (Å²) in [6, 6.07) is 4.37. The van der Waals surface area contributed by atoms with Gasteiger partial charge in [-0.15, -0.1) is 11.6 Å². The Hall–Kier alpha value is 0.340. The van der Waals surface area contributed by atoms with E-state index in [0.29, 0.717) is 17.3 Å². The zero-order chi connectivity index (χ0) is 16.5. The fourth-order valence-electron chi connectivity index (χ4n) is 1.23. The van der Waals surface area contributed by atoms with E-state index in [1.54, 1.807) is 0 Å². The highest BCUT2D eigenvalue weighted by molar-refractivity contribution is 8.03. The molecule has 0 spiro atoms. The minimum Gasteiger partial charge on any atom is -0.282 e. The molecule has 0 aromatic heterocycles. The highest BCUT2D eigenvalue weighted by Crippen LogP contribution is 2.53. The van der Waals surface area contributed by atoms with Crippen molar-refractivity contribution in [2.45, 2.75) is 20.9 Å². The van der Waals surface area contributed by atoms with Crippen LogP contribution in [0.2, 0.25) is 0 Å². The van der Waals surface area contributed by atoms with Gasteiger partial charge in [-0.3, -0.25) is 4.72 Å². The van der Waals surface area contributed by atoms with Crippen LogP contribution in [0.5, 0.6) is 0 Å². The summed E-state index contributed by atoms with van der Waals surface area (Å²) in [5, 5.41) is -4.52. The molecule has 0 aliphatic heterocycles. The standard InChI is InChI=1S/C10H9Cl4F2NO2S2/c1-6-7(17-21(18,19)5-11)3-2-4-8(6)20-9(12,13)10(14,15)16/h2-4,17H,5H2,1H3. The third kappa shape index (κ3) is 5.18. The van der Waals surface area contributed by atoms with Crippen molar-refractivity contribution in [3.63, 3.8) is 0 Å². The predicted molar refractivity (Wildman–Crippen MR) is 85.5 cm³/mol. The Balaban J connectivity index is 3.13. The van der Waals surface area contributed by atoms with Gasteiger partial charge in [-0.1, -0.05) is 41.0 Å². The maximum atomic E-state index is 13.1. The van der Waals surface area contributed by atoms with Gasteiger partial charge in [-0.25, -0.2) is 8.42 Å². The molecule has 0 aliphatic carbocycles. The molecule has 1 aromatic rings. The van der Waals surface area contributed by atoms with Gasteiger partial charge in [0.15, 0.2) is 0 Å². The first-order valence-electron chi connectivity index (χ1n) is 5.19. The number of alkyl halides is 6. The average molecular weight is 419 g/mol. The Morgan fingerprint density at radius 1 is 1.29 bits per heavy atom. The predicted octanol–water partition coefficient (Wildman–Crippen LogP) is 4.99. The fourth-order valence-corrected chi connectivity index (χ4v) is 3.42. The van der Waals surface area contributed by atoms with Crippen LogP contribution in [-0.4, -0.2) is 22.7 Å². The van der Waals surface area contributed by atoms with Gasteiger partial charge in [0.05, 0.1) is 5.69 Å². The number of halogens is 6. The Morgan fingerprint density at radius 2 is 1.86 bits per heavy atom. The molecule has 1 N–H and O–H groups in total. The minimum atomic E-state index is -3.88. The molecule has 120 valence electrons. The molecule has 1 rings (SSSR count). The number of hydrogen-bond donors (Lipinski definition) is 1. The quantitative estimate of drug-likeness (QED) is 0.522. The Bertz CT molecular complexity index is 620. The Labute approximate surface area is 145 Å². The summed E-state index contributed by atoms with van der Waals surface area (Å²) in [7, 11) is -3.72. The second kappa shape index (κ2) is 6.84. The van der Waals surface area contributed by atoms with Crippen molar-refractivity contribution in [2.24, 2.45) is 0 Å². The molecule has 11 heteroatoms. The van der Waals surface area contributed by atoms with Crippen LogP contribution < -0.4 is 4.72 Å². The zero-order valence-electron chi connectivity index (χ0n) is 10.3. The van der Waals surface area contributed by atoms with Crippen molar-refractivity contribution in [1.82, 2.24) is 0 Å². The highest BCUT2D eigenvalue weighted by atomic mass is 35.5. The molecule has 0 atom stereocenters. The van der Waals surface area contributed by atoms with E-state index in [1.165, 1.54) is 25.1 Å². The molecular formula is C10H9Cl4F2NO2S2. The lowest BCUT2D eigenvalue weighted by Gasteiger charge is -2.24. The molecule has 0 amide bonds. The van der Waals surface area contributed by atoms with E-state index in [-0.39, 0.29) is 10.6 Å². The van der Waals surface area contributed by atoms with Crippen molar-refractivity contribution in [3.8, 4) is 0 Å². The smallest absolute Gasteiger partial charge is 0.282 e. The molecule has 0 unspecified atom stereocenters. The second-order valence-electron chi connectivity index (χ2n) is 3.87. The van der Waals surface area contributed by atoms with E-state index in [9.17, 15) is 17.2 Å². The largest absolute Gasteiger partial charge is 0.363 e. The molecular weight excluding hydrogens is 410 g/mol. The number of rotatable bonds is 6. The van der Waals surface area contributed by atoms with Crippen molar-refractivity contribution in [1.29, 1.82) is 0 Å². The van der Waals surface area contributed by atoms with E-state index in [4.69, 9.17) is 46.4 Å². The van der Waals surface area contributed by atoms with Gasteiger partial charge in [0.2, 0.25) is 13.7 Å². The number of thioether (sulfide) groups is 1. The minimum absolute atomic E-state index is 0.183. The van der Waals surface area contributed by atoms with Crippen LogP contribution >= 0.6 is 58.2 Å². The van der Waals surface area contributed by atoms with Crippen LogP contribution in [0.15, 0.2) is 23.1 Å². The highest BCUT2D eigenvalue weighted by Gasteiger charge is 2.51. The van der Waals surface area contributed by atoms with Gasteiger partial charge in [0.1, 0.15) is 5.21 Å². The SMILES string of the molecule is Cc1c(NS(=O)(=O)CCl)cccc1SC(Cl)(Cl)C(F)(F)Cl. The summed E-state index contributed by atoms with van der Waals surface area (Å²) in [6.45, 7) is 1.52. The second-order valence-corrected chi connectivity index (χ2v) is 9.68. The fraction of sp³-hybridized carbons (Fsp3) is 0.400. The van der Waals surface area contributed by atoms with E-state index in [0.717, 1.165) is 0 Å². The molecule has 21 heavy (non-hydrogen) atoms. The lowest BCUT2D eigenvalue weighted by atomic mass is 10.2. The van der Waals surface area contributed by atoms with Crippen molar-refractivity contribution in [2.75, 3.05) is 9.93 Å². The molecule has 0 radical (unpaired) electrons. The lowest BCUT2D eigenvalue weighted by molar-refractivity contribution is 0.103. The maximum absolute atomic E-state index is 13.1. The summed E-state index contributed by atoms with van der Waals surface area (Å²) in [6.07, 6.45) is 0. The molecule has 3 nitrogen and oxygen atoms in total. The topological polar surface area (TPSA) is 46.2 Å². The maximum Gasteiger partial charge on any atom is 0.363 e. The van der Waals surface area contributed by atoms with Crippen molar-refractivity contribution >= 4 is 73.9 Å². The van der Waals surface area contributed by atoms with E-state index in [2.05, 4.69) is 4.72 Å². The normalized spacial score (nSPS) is 13.3. The first kappa shape index (κ1) is 19.4. The molecule has 0 fully saturated rings. The summed E-state index contributed by atoms with van der Waals surface area (Å²) in [4.78, 5) is 0.245. The molecule has 0 saturated heterocycles. The average Bonchev–Trinajstić information content (AvgIpc) is 2.32. The van der Waals surface area contributed by atoms with Gasteiger partial charge in [-0.2, -0.15) is 8.78 Å². The van der Waals surface area contributed by atoms with Gasteiger partial charge < -0.3 is 0 Å². The third-order valence-corrected chi connectivity index (χ3v) is 6.64. The Morgan fingerprint density at radius 3 is 2.33 bits per heavy atom.